The van der Waals surface area contributed by atoms with Crippen molar-refractivity contribution >= 4 is 11.9 Å². The van der Waals surface area contributed by atoms with Gasteiger partial charge in [-0.25, -0.2) is 9.38 Å². The molecule has 0 unspecified atom stereocenters. The van der Waals surface area contributed by atoms with E-state index in [1.54, 1.807) is 13.0 Å². The van der Waals surface area contributed by atoms with Crippen molar-refractivity contribution in [2.75, 3.05) is 13.7 Å². The van der Waals surface area contributed by atoms with Gasteiger partial charge >= 0.3 is 6.61 Å². The lowest BCUT2D eigenvalue weighted by Crippen LogP contribution is -2.41. The Hall–Kier alpha value is -3.23. The highest BCUT2D eigenvalue weighted by molar-refractivity contribution is 6.09. The molecule has 0 radical (unpaired) electrons. The first-order valence-corrected chi connectivity index (χ1v) is 9.84. The molecule has 1 fully saturated rings. The first-order valence-electron chi connectivity index (χ1n) is 9.84. The number of amides is 1. The van der Waals surface area contributed by atoms with Crippen LogP contribution in [-0.4, -0.2) is 37.0 Å². The first-order chi connectivity index (χ1) is 14.7. The molecule has 0 aromatic heterocycles. The van der Waals surface area contributed by atoms with Crippen molar-refractivity contribution in [2.45, 2.75) is 31.9 Å². The Kier molecular flexibility index (Phi) is 5.28. The maximum absolute atomic E-state index is 14.4. The van der Waals surface area contributed by atoms with Crippen molar-refractivity contribution in [3.8, 4) is 11.5 Å². The van der Waals surface area contributed by atoms with Gasteiger partial charge in [-0.2, -0.15) is 8.78 Å². The largest absolute Gasteiger partial charge is 0.490 e. The maximum Gasteiger partial charge on any atom is 0.387 e. The topological polar surface area (TPSA) is 77.2 Å². The van der Waals surface area contributed by atoms with Crippen molar-refractivity contribution in [3.05, 3.63) is 58.9 Å². The highest BCUT2D eigenvalue weighted by atomic mass is 19.3. The average molecular weight is 433 g/mol. The van der Waals surface area contributed by atoms with Gasteiger partial charge in [-0.3, -0.25) is 9.69 Å². The van der Waals surface area contributed by atoms with Gasteiger partial charge in [-0.1, -0.05) is 12.1 Å². The monoisotopic (exact) mass is 433 g/mol. The van der Waals surface area contributed by atoms with Gasteiger partial charge in [0.1, 0.15) is 5.75 Å². The van der Waals surface area contributed by atoms with E-state index in [9.17, 15) is 18.0 Å². The SMILES string of the molecule is Cc1cc([C@]2(c3ccc(F)c(OCC4CC4)c3)N=C(N)N(C)C2=O)ccc1OC(F)F. The van der Waals surface area contributed by atoms with Crippen LogP contribution in [0.2, 0.25) is 0 Å². The lowest BCUT2D eigenvalue weighted by atomic mass is 9.82. The summed E-state index contributed by atoms with van der Waals surface area (Å²) in [6.45, 7) is -1.000. The number of halogens is 3. The quantitative estimate of drug-likeness (QED) is 0.725. The van der Waals surface area contributed by atoms with E-state index in [1.165, 1.54) is 42.3 Å². The van der Waals surface area contributed by atoms with Gasteiger partial charge in [0, 0.05) is 7.05 Å². The third-order valence-corrected chi connectivity index (χ3v) is 5.57. The number of hydrogen-bond donors (Lipinski definition) is 1. The summed E-state index contributed by atoms with van der Waals surface area (Å²) in [7, 11) is 1.48. The van der Waals surface area contributed by atoms with Crippen molar-refractivity contribution in [2.24, 2.45) is 16.6 Å². The Morgan fingerprint density at radius 2 is 1.87 bits per heavy atom. The van der Waals surface area contributed by atoms with E-state index in [0.717, 1.165) is 12.8 Å². The number of ether oxygens (including phenoxy) is 2. The number of aryl methyl sites for hydroxylation is 1. The van der Waals surface area contributed by atoms with E-state index < -0.39 is 23.9 Å². The minimum atomic E-state index is -2.98. The van der Waals surface area contributed by atoms with Gasteiger partial charge in [0.25, 0.3) is 5.91 Å². The fourth-order valence-corrected chi connectivity index (χ4v) is 3.62. The summed E-state index contributed by atoms with van der Waals surface area (Å²) < 4.78 is 49.8. The van der Waals surface area contributed by atoms with Crippen molar-refractivity contribution < 1.29 is 27.4 Å². The highest BCUT2D eigenvalue weighted by Gasteiger charge is 2.50. The minimum absolute atomic E-state index is 0.0136. The molecule has 2 aliphatic rings. The summed E-state index contributed by atoms with van der Waals surface area (Å²) in [4.78, 5) is 19.0. The van der Waals surface area contributed by atoms with E-state index >= 15 is 0 Å². The molecule has 2 aromatic rings. The summed E-state index contributed by atoms with van der Waals surface area (Å²) >= 11 is 0. The van der Waals surface area contributed by atoms with Crippen LogP contribution >= 0.6 is 0 Å². The zero-order valence-corrected chi connectivity index (χ0v) is 17.1. The fourth-order valence-electron chi connectivity index (χ4n) is 3.62. The number of likely N-dealkylation sites (N-methyl/N-ethyl adjacent to an activating group) is 1. The molecule has 2 aromatic carbocycles. The Morgan fingerprint density at radius 3 is 2.45 bits per heavy atom. The molecule has 0 saturated heterocycles. The van der Waals surface area contributed by atoms with Crippen LogP contribution in [0.25, 0.3) is 0 Å². The standard InChI is InChI=1S/C22H22F3N3O3/c1-12-9-14(6-8-17(12)31-20(24)25)22(19(29)28(2)21(26)27-22)15-5-7-16(23)18(10-15)30-11-13-3-4-13/h5-10,13,20H,3-4,11H2,1-2H3,(H2,26,27)/t22-/m1/s1. The molecule has 164 valence electrons. The van der Waals surface area contributed by atoms with E-state index in [1.807, 2.05) is 0 Å². The van der Waals surface area contributed by atoms with Gasteiger partial charge in [-0.05, 0) is 66.6 Å². The minimum Gasteiger partial charge on any atom is -0.490 e. The Bertz CT molecular complexity index is 1060. The second-order valence-electron chi connectivity index (χ2n) is 7.80. The summed E-state index contributed by atoms with van der Waals surface area (Å²) in [5.41, 5.74) is 5.50. The van der Waals surface area contributed by atoms with Crippen LogP contribution in [0, 0.1) is 18.7 Å². The van der Waals surface area contributed by atoms with Crippen molar-refractivity contribution in [1.82, 2.24) is 4.90 Å². The van der Waals surface area contributed by atoms with Gasteiger partial charge < -0.3 is 15.2 Å². The molecule has 1 atom stereocenters. The van der Waals surface area contributed by atoms with Crippen LogP contribution in [0.3, 0.4) is 0 Å². The van der Waals surface area contributed by atoms with Crippen molar-refractivity contribution in [3.63, 3.8) is 0 Å². The Balaban J connectivity index is 1.81. The van der Waals surface area contributed by atoms with Gasteiger partial charge in [0.05, 0.1) is 6.61 Å². The van der Waals surface area contributed by atoms with Crippen LogP contribution in [-0.2, 0) is 10.3 Å². The zero-order chi connectivity index (χ0) is 22.3. The molecule has 31 heavy (non-hydrogen) atoms. The van der Waals surface area contributed by atoms with Gasteiger partial charge in [0.15, 0.2) is 23.1 Å². The van der Waals surface area contributed by atoms with E-state index in [0.29, 0.717) is 29.2 Å². The van der Waals surface area contributed by atoms with Crippen LogP contribution in [0.4, 0.5) is 13.2 Å². The predicted molar refractivity (Wildman–Crippen MR) is 108 cm³/mol. The summed E-state index contributed by atoms with van der Waals surface area (Å²) in [5, 5.41) is 0. The van der Waals surface area contributed by atoms with Crippen LogP contribution in [0.1, 0.15) is 29.5 Å². The molecule has 0 bridgehead atoms. The third-order valence-electron chi connectivity index (χ3n) is 5.57. The molecule has 1 aliphatic carbocycles. The highest BCUT2D eigenvalue weighted by Crippen LogP contribution is 2.42. The molecule has 9 heteroatoms. The van der Waals surface area contributed by atoms with Gasteiger partial charge in [-0.15, -0.1) is 0 Å². The molecular weight excluding hydrogens is 411 g/mol. The summed E-state index contributed by atoms with van der Waals surface area (Å²) in [6, 6.07) is 8.49. The third kappa shape index (κ3) is 3.80. The van der Waals surface area contributed by atoms with Crippen LogP contribution in [0.15, 0.2) is 41.4 Å². The van der Waals surface area contributed by atoms with Crippen molar-refractivity contribution in [1.29, 1.82) is 0 Å². The molecule has 2 N–H and O–H groups in total. The molecule has 1 saturated carbocycles. The molecule has 4 rings (SSSR count). The molecule has 0 spiro atoms. The maximum atomic E-state index is 14.4. The second kappa shape index (κ2) is 7.79. The number of guanidine groups is 1. The first kappa shape index (κ1) is 21.0. The molecule has 1 aliphatic heterocycles. The smallest absolute Gasteiger partial charge is 0.387 e. The Morgan fingerprint density at radius 1 is 1.19 bits per heavy atom. The van der Waals surface area contributed by atoms with E-state index in [2.05, 4.69) is 9.73 Å². The fraction of sp³-hybridized carbons (Fsp3) is 0.364. The number of alkyl halides is 2. The van der Waals surface area contributed by atoms with Gasteiger partial charge in [0.2, 0.25) is 0 Å². The lowest BCUT2D eigenvalue weighted by molar-refractivity contribution is -0.129. The average Bonchev–Trinajstić information content (AvgIpc) is 3.52. The predicted octanol–water partition coefficient (Wildman–Crippen LogP) is 3.55. The second-order valence-corrected chi connectivity index (χ2v) is 7.80. The lowest BCUT2D eigenvalue weighted by Gasteiger charge is -2.27. The zero-order valence-electron chi connectivity index (χ0n) is 17.1. The molecule has 1 amide bonds. The Labute approximate surface area is 177 Å². The van der Waals surface area contributed by atoms with Crippen LogP contribution in [0.5, 0.6) is 11.5 Å². The van der Waals surface area contributed by atoms with E-state index in [4.69, 9.17) is 10.5 Å². The summed E-state index contributed by atoms with van der Waals surface area (Å²) in [6.07, 6.45) is 2.09. The number of carbonyl (C=O) groups excluding carboxylic acids is 1. The molecular formula is C22H22F3N3O3. The molecule has 1 heterocycles. The van der Waals surface area contributed by atoms with Crippen LogP contribution < -0.4 is 15.2 Å². The van der Waals surface area contributed by atoms with E-state index in [-0.39, 0.29) is 17.5 Å². The number of rotatable bonds is 7. The molecule has 6 nitrogen and oxygen atoms in total. The number of benzene rings is 2. The number of carbonyl (C=O) groups is 1. The number of aliphatic imine (C=N–C) groups is 1. The summed E-state index contributed by atoms with van der Waals surface area (Å²) in [5.74, 6) is -0.597. The number of nitrogens with zero attached hydrogens (tertiary/aromatic N) is 2. The number of nitrogens with two attached hydrogens (primary N) is 1. The normalized spacial score (nSPS) is 20.9. The number of hydrogen-bond acceptors (Lipinski definition) is 5.